The second kappa shape index (κ2) is 8.95. The van der Waals surface area contributed by atoms with Gasteiger partial charge in [0.25, 0.3) is 0 Å². The van der Waals surface area contributed by atoms with E-state index in [1.54, 1.807) is 11.8 Å². The molecule has 1 saturated heterocycles. The maximum Gasteiger partial charge on any atom is 0.233 e. The first-order valence-electron chi connectivity index (χ1n) is 9.06. The molecule has 25 heavy (non-hydrogen) atoms. The number of nitrogens with one attached hydrogen (secondary N) is 1. The van der Waals surface area contributed by atoms with Gasteiger partial charge in [-0.15, -0.1) is 11.8 Å². The Morgan fingerprint density at radius 2 is 1.72 bits per heavy atom. The van der Waals surface area contributed by atoms with E-state index in [4.69, 9.17) is 0 Å². The van der Waals surface area contributed by atoms with E-state index in [1.807, 2.05) is 37.3 Å². The molecule has 0 aliphatic carbocycles. The van der Waals surface area contributed by atoms with Gasteiger partial charge in [-0.05, 0) is 56.0 Å². The fraction of sp³-hybridized carbons (Fsp3) is 0.381. The number of nitrogens with zero attached hydrogens (tertiary/aromatic N) is 1. The van der Waals surface area contributed by atoms with E-state index in [-0.39, 0.29) is 11.2 Å². The SMILES string of the molecule is C[C@@H](Sc1ccccc1)C(=O)NCc1ccc(N2CCCCC2)cc1. The summed E-state index contributed by atoms with van der Waals surface area (Å²) >= 11 is 1.59. The quantitative estimate of drug-likeness (QED) is 0.777. The van der Waals surface area contributed by atoms with Gasteiger partial charge in [-0.25, -0.2) is 0 Å². The van der Waals surface area contributed by atoms with Gasteiger partial charge in [-0.1, -0.05) is 30.3 Å². The summed E-state index contributed by atoms with van der Waals surface area (Å²) in [7, 11) is 0. The van der Waals surface area contributed by atoms with Gasteiger partial charge in [0.2, 0.25) is 5.91 Å². The van der Waals surface area contributed by atoms with Crippen LogP contribution in [0.2, 0.25) is 0 Å². The lowest BCUT2D eigenvalue weighted by Gasteiger charge is -2.28. The molecule has 0 bridgehead atoms. The molecule has 0 aromatic heterocycles. The van der Waals surface area contributed by atoms with Crippen LogP contribution in [0.25, 0.3) is 0 Å². The number of carbonyl (C=O) groups excluding carboxylic acids is 1. The smallest absolute Gasteiger partial charge is 0.233 e. The minimum atomic E-state index is -0.102. The topological polar surface area (TPSA) is 32.3 Å². The van der Waals surface area contributed by atoms with Gasteiger partial charge in [0.1, 0.15) is 0 Å². The zero-order valence-corrected chi connectivity index (χ0v) is 15.6. The van der Waals surface area contributed by atoms with Gasteiger partial charge < -0.3 is 10.2 Å². The molecule has 1 N–H and O–H groups in total. The highest BCUT2D eigenvalue weighted by atomic mass is 32.2. The summed E-state index contributed by atoms with van der Waals surface area (Å²) in [5, 5.41) is 2.94. The van der Waals surface area contributed by atoms with Crippen molar-refractivity contribution in [2.24, 2.45) is 0 Å². The number of rotatable bonds is 6. The van der Waals surface area contributed by atoms with E-state index in [0.717, 1.165) is 23.5 Å². The molecule has 3 nitrogen and oxygen atoms in total. The Kier molecular flexibility index (Phi) is 6.40. The molecule has 3 rings (SSSR count). The lowest BCUT2D eigenvalue weighted by Crippen LogP contribution is -2.30. The summed E-state index contributed by atoms with van der Waals surface area (Å²) in [6.45, 7) is 4.85. The number of hydrogen-bond donors (Lipinski definition) is 1. The van der Waals surface area contributed by atoms with Crippen molar-refractivity contribution in [2.75, 3.05) is 18.0 Å². The fourth-order valence-corrected chi connectivity index (χ4v) is 3.98. The Labute approximate surface area is 154 Å². The molecular formula is C21H26N2OS. The van der Waals surface area contributed by atoms with Crippen LogP contribution in [0, 0.1) is 0 Å². The van der Waals surface area contributed by atoms with Crippen LogP contribution < -0.4 is 10.2 Å². The normalized spacial score (nSPS) is 15.6. The van der Waals surface area contributed by atoms with E-state index >= 15 is 0 Å². The summed E-state index contributed by atoms with van der Waals surface area (Å²) in [5.41, 5.74) is 2.44. The standard InChI is InChI=1S/C21H26N2OS/c1-17(25-20-8-4-2-5-9-20)21(24)22-16-18-10-12-19(13-11-18)23-14-6-3-7-15-23/h2,4-5,8-13,17H,3,6-7,14-16H2,1H3,(H,22,24)/t17-/m1/s1. The molecule has 0 radical (unpaired) electrons. The highest BCUT2D eigenvalue weighted by Crippen LogP contribution is 2.23. The number of hydrogen-bond acceptors (Lipinski definition) is 3. The van der Waals surface area contributed by atoms with Gasteiger partial charge >= 0.3 is 0 Å². The summed E-state index contributed by atoms with van der Waals surface area (Å²) in [5.74, 6) is 0.0777. The molecule has 0 spiro atoms. The van der Waals surface area contributed by atoms with Crippen molar-refractivity contribution in [3.63, 3.8) is 0 Å². The Morgan fingerprint density at radius 3 is 2.40 bits per heavy atom. The zero-order chi connectivity index (χ0) is 17.5. The van der Waals surface area contributed by atoms with Gasteiger partial charge in [-0.3, -0.25) is 4.79 Å². The Balaban J connectivity index is 1.48. The third kappa shape index (κ3) is 5.27. The molecule has 1 atom stereocenters. The van der Waals surface area contributed by atoms with Crippen LogP contribution in [0.4, 0.5) is 5.69 Å². The maximum absolute atomic E-state index is 12.3. The number of benzene rings is 2. The Morgan fingerprint density at radius 1 is 1.04 bits per heavy atom. The molecule has 2 aromatic carbocycles. The van der Waals surface area contributed by atoms with Crippen LogP contribution >= 0.6 is 11.8 Å². The van der Waals surface area contributed by atoms with Crippen LogP contribution in [0.1, 0.15) is 31.7 Å². The zero-order valence-electron chi connectivity index (χ0n) is 14.8. The third-order valence-electron chi connectivity index (χ3n) is 4.55. The third-order valence-corrected chi connectivity index (χ3v) is 5.66. The highest BCUT2D eigenvalue weighted by molar-refractivity contribution is 8.00. The average molecular weight is 355 g/mol. The first kappa shape index (κ1) is 17.9. The molecule has 0 saturated carbocycles. The molecule has 1 heterocycles. The summed E-state index contributed by atoms with van der Waals surface area (Å²) in [6, 6.07) is 18.7. The largest absolute Gasteiger partial charge is 0.372 e. The maximum atomic E-state index is 12.3. The number of piperidine rings is 1. The molecule has 1 aliphatic rings. The first-order chi connectivity index (χ1) is 12.2. The Hall–Kier alpha value is -1.94. The first-order valence-corrected chi connectivity index (χ1v) is 9.93. The molecule has 1 aliphatic heterocycles. The molecule has 132 valence electrons. The van der Waals surface area contributed by atoms with Gasteiger partial charge in [0.05, 0.1) is 5.25 Å². The van der Waals surface area contributed by atoms with E-state index in [9.17, 15) is 4.79 Å². The summed E-state index contributed by atoms with van der Waals surface area (Å²) in [4.78, 5) is 15.9. The minimum Gasteiger partial charge on any atom is -0.372 e. The van der Waals surface area contributed by atoms with Crippen LogP contribution in [0.5, 0.6) is 0 Å². The number of anilines is 1. The van der Waals surface area contributed by atoms with Crippen LogP contribution in [0.3, 0.4) is 0 Å². The van der Waals surface area contributed by atoms with Gasteiger partial charge in [-0.2, -0.15) is 0 Å². The number of thioether (sulfide) groups is 1. The van der Waals surface area contributed by atoms with E-state index in [1.165, 1.54) is 24.9 Å². The predicted molar refractivity (Wildman–Crippen MR) is 106 cm³/mol. The predicted octanol–water partition coefficient (Wildman–Crippen LogP) is 4.47. The molecule has 2 aromatic rings. The second-order valence-corrected chi connectivity index (χ2v) is 7.92. The average Bonchev–Trinajstić information content (AvgIpc) is 2.68. The monoisotopic (exact) mass is 354 g/mol. The van der Waals surface area contributed by atoms with E-state index in [2.05, 4.69) is 34.5 Å². The Bertz CT molecular complexity index is 666. The van der Waals surface area contributed by atoms with Crippen molar-refractivity contribution in [3.8, 4) is 0 Å². The van der Waals surface area contributed by atoms with Gasteiger partial charge in [0, 0.05) is 30.2 Å². The molecule has 1 fully saturated rings. The molecule has 4 heteroatoms. The van der Waals surface area contributed by atoms with Crippen LogP contribution in [-0.2, 0) is 11.3 Å². The molecule has 1 amide bonds. The summed E-state index contributed by atoms with van der Waals surface area (Å²) in [6.07, 6.45) is 3.92. The highest BCUT2D eigenvalue weighted by Gasteiger charge is 2.14. The van der Waals surface area contributed by atoms with E-state index < -0.39 is 0 Å². The summed E-state index contributed by atoms with van der Waals surface area (Å²) < 4.78 is 0. The number of amides is 1. The van der Waals surface area contributed by atoms with E-state index in [0.29, 0.717) is 6.54 Å². The van der Waals surface area contributed by atoms with Gasteiger partial charge in [0.15, 0.2) is 0 Å². The second-order valence-electron chi connectivity index (χ2n) is 6.51. The lowest BCUT2D eigenvalue weighted by atomic mass is 10.1. The number of carbonyl (C=O) groups is 1. The van der Waals surface area contributed by atoms with Crippen molar-refractivity contribution in [1.29, 1.82) is 0 Å². The van der Waals surface area contributed by atoms with Crippen LogP contribution in [-0.4, -0.2) is 24.2 Å². The molecular weight excluding hydrogens is 328 g/mol. The van der Waals surface area contributed by atoms with Crippen molar-refractivity contribution in [3.05, 3.63) is 60.2 Å². The van der Waals surface area contributed by atoms with Crippen molar-refractivity contribution in [1.82, 2.24) is 5.32 Å². The van der Waals surface area contributed by atoms with Crippen molar-refractivity contribution >= 4 is 23.4 Å². The lowest BCUT2D eigenvalue weighted by molar-refractivity contribution is -0.120. The van der Waals surface area contributed by atoms with Crippen molar-refractivity contribution in [2.45, 2.75) is 42.9 Å². The fourth-order valence-electron chi connectivity index (χ4n) is 3.07. The minimum absolute atomic E-state index is 0.0777. The molecule has 0 unspecified atom stereocenters. The van der Waals surface area contributed by atoms with Crippen LogP contribution in [0.15, 0.2) is 59.5 Å². The van der Waals surface area contributed by atoms with Crippen molar-refractivity contribution < 1.29 is 4.79 Å².